The molecular formula is C19H18BrFN2O3. The fourth-order valence-electron chi connectivity index (χ4n) is 2.76. The average Bonchev–Trinajstić information content (AvgIpc) is 3.13. The number of ether oxygens (including phenoxy) is 1. The first kappa shape index (κ1) is 18.5. The van der Waals surface area contributed by atoms with Crippen molar-refractivity contribution in [3.05, 3.63) is 63.9 Å². The smallest absolute Gasteiger partial charge is 0.256 e. The van der Waals surface area contributed by atoms with Gasteiger partial charge in [-0.2, -0.15) is 0 Å². The third-order valence-corrected chi connectivity index (χ3v) is 4.77. The van der Waals surface area contributed by atoms with Crippen molar-refractivity contribution in [3.63, 3.8) is 0 Å². The molecule has 1 aliphatic heterocycles. The van der Waals surface area contributed by atoms with Gasteiger partial charge in [-0.3, -0.25) is 9.59 Å². The highest BCUT2D eigenvalue weighted by Crippen LogP contribution is 2.21. The van der Waals surface area contributed by atoms with Crippen LogP contribution in [0.25, 0.3) is 0 Å². The Hall–Kier alpha value is -2.25. The lowest BCUT2D eigenvalue weighted by Gasteiger charge is -2.14. The summed E-state index contributed by atoms with van der Waals surface area (Å²) in [6.45, 7) is 1.16. The normalized spacial score (nSPS) is 16.3. The number of hydrogen-bond acceptors (Lipinski definition) is 3. The molecule has 1 atom stereocenters. The van der Waals surface area contributed by atoms with Gasteiger partial charge in [0, 0.05) is 17.6 Å². The lowest BCUT2D eigenvalue weighted by atomic mass is 10.1. The Bertz CT molecular complexity index is 822. The summed E-state index contributed by atoms with van der Waals surface area (Å²) in [5.41, 5.74) is 1.02. The Morgan fingerprint density at radius 2 is 1.96 bits per heavy atom. The van der Waals surface area contributed by atoms with Gasteiger partial charge in [-0.15, -0.1) is 0 Å². The second-order valence-electron chi connectivity index (χ2n) is 5.97. The maximum absolute atomic E-state index is 13.2. The van der Waals surface area contributed by atoms with E-state index in [2.05, 4.69) is 26.6 Å². The number of benzene rings is 2. The van der Waals surface area contributed by atoms with Gasteiger partial charge in [0.1, 0.15) is 5.82 Å². The predicted molar refractivity (Wildman–Crippen MR) is 99.8 cm³/mol. The van der Waals surface area contributed by atoms with Gasteiger partial charge in [0.25, 0.3) is 11.8 Å². The molecule has 1 saturated heterocycles. The first-order valence-corrected chi connectivity index (χ1v) is 9.09. The van der Waals surface area contributed by atoms with E-state index in [-0.39, 0.29) is 17.6 Å². The molecule has 1 unspecified atom stereocenters. The molecule has 0 saturated carbocycles. The highest BCUT2D eigenvalue weighted by atomic mass is 79.9. The lowest BCUT2D eigenvalue weighted by molar-refractivity contribution is 0.0858. The summed E-state index contributed by atoms with van der Waals surface area (Å²) in [5.74, 6) is -1.16. The number of carbonyl (C=O) groups is 2. The zero-order valence-corrected chi connectivity index (χ0v) is 15.5. The summed E-state index contributed by atoms with van der Waals surface area (Å²) in [6, 6.07) is 10.6. The van der Waals surface area contributed by atoms with Gasteiger partial charge in [-0.25, -0.2) is 4.39 Å². The van der Waals surface area contributed by atoms with Crippen LogP contribution in [0.3, 0.4) is 0 Å². The van der Waals surface area contributed by atoms with Gasteiger partial charge in [-0.05, 0) is 59.1 Å². The van der Waals surface area contributed by atoms with Crippen molar-refractivity contribution in [2.24, 2.45) is 0 Å². The Morgan fingerprint density at radius 1 is 1.15 bits per heavy atom. The van der Waals surface area contributed by atoms with Crippen molar-refractivity contribution in [2.45, 2.75) is 18.9 Å². The van der Waals surface area contributed by atoms with Gasteiger partial charge >= 0.3 is 0 Å². The Morgan fingerprint density at radius 3 is 2.69 bits per heavy atom. The van der Waals surface area contributed by atoms with Crippen LogP contribution in [0.5, 0.6) is 0 Å². The van der Waals surface area contributed by atoms with Gasteiger partial charge in [0.2, 0.25) is 0 Å². The molecule has 3 rings (SSSR count). The fraction of sp³-hybridized carbons (Fsp3) is 0.263. The minimum absolute atomic E-state index is 0.0378. The maximum Gasteiger partial charge on any atom is 0.256 e. The summed E-state index contributed by atoms with van der Waals surface area (Å²) in [7, 11) is 0. The topological polar surface area (TPSA) is 67.4 Å². The Labute approximate surface area is 159 Å². The van der Waals surface area contributed by atoms with Crippen LogP contribution in [0.1, 0.15) is 33.6 Å². The van der Waals surface area contributed by atoms with Crippen molar-refractivity contribution in [3.8, 4) is 0 Å². The molecule has 2 amide bonds. The van der Waals surface area contributed by atoms with Gasteiger partial charge < -0.3 is 15.4 Å². The highest BCUT2D eigenvalue weighted by molar-refractivity contribution is 9.10. The third kappa shape index (κ3) is 4.47. The van der Waals surface area contributed by atoms with Crippen molar-refractivity contribution < 1.29 is 18.7 Å². The second kappa shape index (κ2) is 8.42. The first-order chi connectivity index (χ1) is 12.5. The number of nitrogens with one attached hydrogen (secondary N) is 2. The van der Waals surface area contributed by atoms with Crippen molar-refractivity contribution in [1.82, 2.24) is 5.32 Å². The van der Waals surface area contributed by atoms with Crippen LogP contribution in [-0.4, -0.2) is 31.1 Å². The molecule has 0 spiro atoms. The van der Waals surface area contributed by atoms with E-state index in [9.17, 15) is 14.0 Å². The van der Waals surface area contributed by atoms with Crippen molar-refractivity contribution >= 4 is 33.4 Å². The SMILES string of the molecule is O=C(Nc1ccccc1C(=O)NCC1CCCO1)c1ccc(F)cc1Br. The number of amides is 2. The molecular weight excluding hydrogens is 403 g/mol. The second-order valence-corrected chi connectivity index (χ2v) is 6.82. The lowest BCUT2D eigenvalue weighted by Crippen LogP contribution is -2.32. The molecule has 0 aromatic heterocycles. The molecule has 5 nitrogen and oxygen atoms in total. The van der Waals surface area contributed by atoms with Crippen LogP contribution in [0.15, 0.2) is 46.9 Å². The van der Waals surface area contributed by atoms with Crippen LogP contribution in [0.2, 0.25) is 0 Å². The van der Waals surface area contributed by atoms with E-state index < -0.39 is 11.7 Å². The summed E-state index contributed by atoms with van der Waals surface area (Å²) in [5, 5.41) is 5.55. The molecule has 7 heteroatoms. The Kier molecular flexibility index (Phi) is 6.00. The largest absolute Gasteiger partial charge is 0.376 e. The van der Waals surface area contributed by atoms with Crippen LogP contribution in [-0.2, 0) is 4.74 Å². The standard InChI is InChI=1S/C19H18BrFN2O3/c20-16-10-12(21)7-8-14(16)19(25)23-17-6-2-1-5-15(17)18(24)22-11-13-4-3-9-26-13/h1-2,5-8,10,13H,3-4,9,11H2,(H,22,24)(H,23,25). The van der Waals surface area contributed by atoms with Crippen LogP contribution < -0.4 is 10.6 Å². The zero-order chi connectivity index (χ0) is 18.5. The summed E-state index contributed by atoms with van der Waals surface area (Å²) in [4.78, 5) is 24.9. The van der Waals surface area contributed by atoms with Crippen LogP contribution >= 0.6 is 15.9 Å². The molecule has 0 aliphatic carbocycles. The molecule has 0 radical (unpaired) electrons. The van der Waals surface area contributed by atoms with E-state index in [4.69, 9.17) is 4.74 Å². The number of para-hydroxylation sites is 1. The zero-order valence-electron chi connectivity index (χ0n) is 13.9. The number of hydrogen-bond donors (Lipinski definition) is 2. The summed E-state index contributed by atoms with van der Waals surface area (Å²) < 4.78 is 19.0. The summed E-state index contributed by atoms with van der Waals surface area (Å²) >= 11 is 3.18. The highest BCUT2D eigenvalue weighted by Gasteiger charge is 2.19. The van der Waals surface area contributed by atoms with Crippen LogP contribution in [0, 0.1) is 5.82 Å². The molecule has 26 heavy (non-hydrogen) atoms. The van der Waals surface area contributed by atoms with Gasteiger partial charge in [0.15, 0.2) is 0 Å². The molecule has 2 aromatic carbocycles. The molecule has 0 bridgehead atoms. The van der Waals surface area contributed by atoms with Gasteiger partial charge in [0.05, 0.1) is 22.9 Å². The number of anilines is 1. The molecule has 1 fully saturated rings. The first-order valence-electron chi connectivity index (χ1n) is 8.30. The minimum atomic E-state index is -0.442. The molecule has 2 aromatic rings. The third-order valence-electron chi connectivity index (χ3n) is 4.11. The van der Waals surface area contributed by atoms with E-state index in [1.807, 2.05) is 0 Å². The molecule has 1 heterocycles. The van der Waals surface area contributed by atoms with E-state index in [0.717, 1.165) is 19.4 Å². The average molecular weight is 421 g/mol. The molecule has 2 N–H and O–H groups in total. The van der Waals surface area contributed by atoms with E-state index in [1.54, 1.807) is 24.3 Å². The Balaban J connectivity index is 1.71. The minimum Gasteiger partial charge on any atom is -0.376 e. The fourth-order valence-corrected chi connectivity index (χ4v) is 3.29. The number of rotatable bonds is 5. The summed E-state index contributed by atoms with van der Waals surface area (Å²) in [6.07, 6.45) is 1.97. The maximum atomic E-state index is 13.2. The quantitative estimate of drug-likeness (QED) is 0.773. The molecule has 136 valence electrons. The van der Waals surface area contributed by atoms with Crippen LogP contribution in [0.4, 0.5) is 10.1 Å². The van der Waals surface area contributed by atoms with Gasteiger partial charge in [-0.1, -0.05) is 12.1 Å². The monoisotopic (exact) mass is 420 g/mol. The number of halogens is 2. The van der Waals surface area contributed by atoms with E-state index in [0.29, 0.717) is 22.3 Å². The van der Waals surface area contributed by atoms with E-state index in [1.165, 1.54) is 18.2 Å². The van der Waals surface area contributed by atoms with E-state index >= 15 is 0 Å². The van der Waals surface area contributed by atoms with Crippen molar-refractivity contribution in [1.29, 1.82) is 0 Å². The number of carbonyl (C=O) groups excluding carboxylic acids is 2. The molecule has 1 aliphatic rings. The van der Waals surface area contributed by atoms with Crippen molar-refractivity contribution in [2.75, 3.05) is 18.5 Å². The predicted octanol–water partition coefficient (Wildman–Crippen LogP) is 3.75.